The van der Waals surface area contributed by atoms with Crippen molar-refractivity contribution < 1.29 is 14.4 Å². The number of aryl methyl sites for hydroxylation is 1. The van der Waals surface area contributed by atoms with E-state index in [0.717, 1.165) is 38.0 Å². The number of rotatable bonds is 10. The molecule has 7 nitrogen and oxygen atoms in total. The Morgan fingerprint density at radius 1 is 1.03 bits per heavy atom. The Labute approximate surface area is 190 Å². The van der Waals surface area contributed by atoms with Crippen LogP contribution in [0.15, 0.2) is 24.3 Å². The first-order valence-electron chi connectivity index (χ1n) is 11.1. The average molecular weight is 447 g/mol. The molecule has 0 aromatic heterocycles. The van der Waals surface area contributed by atoms with E-state index in [9.17, 15) is 14.4 Å². The van der Waals surface area contributed by atoms with E-state index in [1.165, 1.54) is 12.5 Å². The Bertz CT molecular complexity index is 759. The highest BCUT2D eigenvalue weighted by Gasteiger charge is 2.25. The Morgan fingerprint density at radius 2 is 1.68 bits per heavy atom. The second kappa shape index (κ2) is 13.0. The first-order chi connectivity index (χ1) is 14.9. The fourth-order valence-corrected chi connectivity index (χ4v) is 3.72. The van der Waals surface area contributed by atoms with Crippen molar-refractivity contribution in [2.24, 2.45) is 5.92 Å². The average Bonchev–Trinajstić information content (AvgIpc) is 2.77. The molecule has 1 aromatic rings. The predicted molar refractivity (Wildman–Crippen MR) is 127 cm³/mol. The van der Waals surface area contributed by atoms with Gasteiger partial charge in [0.2, 0.25) is 11.8 Å². The van der Waals surface area contributed by atoms with Crippen molar-refractivity contribution in [3.63, 3.8) is 0 Å². The van der Waals surface area contributed by atoms with E-state index in [1.807, 2.05) is 12.1 Å². The number of thiocarbonyl (C=S) groups is 1. The maximum Gasteiger partial charge on any atom is 0.223 e. The van der Waals surface area contributed by atoms with Crippen LogP contribution in [0.1, 0.15) is 51.5 Å². The van der Waals surface area contributed by atoms with Crippen molar-refractivity contribution >= 4 is 40.6 Å². The molecule has 0 saturated carbocycles. The molecule has 1 fully saturated rings. The molecular formula is C23H34N4O3S. The van der Waals surface area contributed by atoms with Crippen LogP contribution in [0, 0.1) is 5.92 Å². The summed E-state index contributed by atoms with van der Waals surface area (Å²) in [6.07, 6.45) is 3.71. The second-order valence-electron chi connectivity index (χ2n) is 7.94. The first-order valence-corrected chi connectivity index (χ1v) is 11.5. The van der Waals surface area contributed by atoms with E-state index in [2.05, 4.69) is 39.9 Å². The number of nitrogens with one attached hydrogen (secondary N) is 3. The number of benzene rings is 1. The van der Waals surface area contributed by atoms with Crippen molar-refractivity contribution in [3.8, 4) is 0 Å². The van der Waals surface area contributed by atoms with Gasteiger partial charge in [-0.2, -0.15) is 0 Å². The molecule has 3 N–H and O–H groups in total. The van der Waals surface area contributed by atoms with Crippen LogP contribution < -0.4 is 16.0 Å². The predicted octanol–water partition coefficient (Wildman–Crippen LogP) is 2.65. The van der Waals surface area contributed by atoms with Crippen LogP contribution in [0.25, 0.3) is 0 Å². The van der Waals surface area contributed by atoms with E-state index < -0.39 is 0 Å². The fourth-order valence-electron chi connectivity index (χ4n) is 3.42. The summed E-state index contributed by atoms with van der Waals surface area (Å²) in [5.41, 5.74) is 2.27. The van der Waals surface area contributed by atoms with Crippen LogP contribution >= 0.6 is 12.2 Å². The SMILES string of the molecule is CCc1ccc(NC(=S)N2CCC(C(=O)NCCCNC(=O)CCC(C)=O)CC2)cc1. The maximum absolute atomic E-state index is 12.4. The second-order valence-corrected chi connectivity index (χ2v) is 8.33. The summed E-state index contributed by atoms with van der Waals surface area (Å²) >= 11 is 5.54. The largest absolute Gasteiger partial charge is 0.356 e. The third-order valence-corrected chi connectivity index (χ3v) is 5.81. The van der Waals surface area contributed by atoms with E-state index in [0.29, 0.717) is 24.6 Å². The highest BCUT2D eigenvalue weighted by Crippen LogP contribution is 2.19. The summed E-state index contributed by atoms with van der Waals surface area (Å²) in [5, 5.41) is 9.71. The van der Waals surface area contributed by atoms with Gasteiger partial charge < -0.3 is 25.6 Å². The van der Waals surface area contributed by atoms with E-state index in [4.69, 9.17) is 12.2 Å². The number of anilines is 1. The third-order valence-electron chi connectivity index (χ3n) is 5.45. The molecule has 1 aromatic carbocycles. The highest BCUT2D eigenvalue weighted by atomic mass is 32.1. The van der Waals surface area contributed by atoms with Crippen LogP contribution in [0.3, 0.4) is 0 Å². The van der Waals surface area contributed by atoms with E-state index in [-0.39, 0.29) is 36.4 Å². The number of carbonyl (C=O) groups is 3. The number of hydrogen-bond donors (Lipinski definition) is 3. The summed E-state index contributed by atoms with van der Waals surface area (Å²) in [4.78, 5) is 36.9. The number of ketones is 1. The monoisotopic (exact) mass is 446 g/mol. The molecule has 0 atom stereocenters. The number of nitrogens with zero attached hydrogens (tertiary/aromatic N) is 1. The number of carbonyl (C=O) groups excluding carboxylic acids is 3. The van der Waals surface area contributed by atoms with Gasteiger partial charge in [-0.25, -0.2) is 0 Å². The zero-order valence-electron chi connectivity index (χ0n) is 18.5. The molecule has 1 heterocycles. The van der Waals surface area contributed by atoms with Crippen LogP contribution in [0.4, 0.5) is 5.69 Å². The van der Waals surface area contributed by atoms with Crippen LogP contribution in [-0.2, 0) is 20.8 Å². The fraction of sp³-hybridized carbons (Fsp3) is 0.565. The molecule has 0 bridgehead atoms. The molecule has 170 valence electrons. The van der Waals surface area contributed by atoms with Gasteiger partial charge in [-0.15, -0.1) is 0 Å². The van der Waals surface area contributed by atoms with Crippen LogP contribution in [-0.4, -0.2) is 53.8 Å². The van der Waals surface area contributed by atoms with Gasteiger partial charge in [0.1, 0.15) is 5.78 Å². The number of likely N-dealkylation sites (tertiary alicyclic amines) is 1. The van der Waals surface area contributed by atoms with Gasteiger partial charge in [0.15, 0.2) is 5.11 Å². The van der Waals surface area contributed by atoms with Gasteiger partial charge in [0, 0.05) is 50.6 Å². The summed E-state index contributed by atoms with van der Waals surface area (Å²) in [6, 6.07) is 8.27. The number of Topliss-reactive ketones (excluding diaryl/α,β-unsaturated/α-hetero) is 1. The normalized spacial score (nSPS) is 14.1. The van der Waals surface area contributed by atoms with E-state index in [1.54, 1.807) is 0 Å². The minimum Gasteiger partial charge on any atom is -0.356 e. The van der Waals surface area contributed by atoms with Crippen molar-refractivity contribution in [3.05, 3.63) is 29.8 Å². The molecular weight excluding hydrogens is 412 g/mol. The molecule has 2 rings (SSSR count). The minimum atomic E-state index is -0.125. The Balaban J connectivity index is 1.60. The summed E-state index contributed by atoms with van der Waals surface area (Å²) in [7, 11) is 0. The van der Waals surface area contributed by atoms with Crippen molar-refractivity contribution in [2.45, 2.75) is 52.4 Å². The topological polar surface area (TPSA) is 90.5 Å². The lowest BCUT2D eigenvalue weighted by Gasteiger charge is -2.33. The zero-order chi connectivity index (χ0) is 22.6. The lowest BCUT2D eigenvalue weighted by molar-refractivity contribution is -0.126. The van der Waals surface area contributed by atoms with E-state index >= 15 is 0 Å². The molecule has 31 heavy (non-hydrogen) atoms. The number of amides is 2. The van der Waals surface area contributed by atoms with Gasteiger partial charge in [0.05, 0.1) is 0 Å². The zero-order valence-corrected chi connectivity index (χ0v) is 19.4. The molecule has 1 aliphatic rings. The van der Waals surface area contributed by atoms with Crippen molar-refractivity contribution in [1.29, 1.82) is 0 Å². The van der Waals surface area contributed by atoms with Crippen LogP contribution in [0.5, 0.6) is 0 Å². The molecule has 0 radical (unpaired) electrons. The molecule has 0 aliphatic carbocycles. The summed E-state index contributed by atoms with van der Waals surface area (Å²) in [5.74, 6) is -0.0555. The Morgan fingerprint density at radius 3 is 2.29 bits per heavy atom. The van der Waals surface area contributed by atoms with Crippen molar-refractivity contribution in [2.75, 3.05) is 31.5 Å². The molecule has 2 amide bonds. The number of piperidine rings is 1. The van der Waals surface area contributed by atoms with Gasteiger partial charge in [-0.3, -0.25) is 9.59 Å². The lowest BCUT2D eigenvalue weighted by atomic mass is 9.96. The smallest absolute Gasteiger partial charge is 0.223 e. The summed E-state index contributed by atoms with van der Waals surface area (Å²) in [6.45, 7) is 6.13. The van der Waals surface area contributed by atoms with Gasteiger partial charge >= 0.3 is 0 Å². The van der Waals surface area contributed by atoms with Gasteiger partial charge in [-0.05, 0) is 62.5 Å². The van der Waals surface area contributed by atoms with Gasteiger partial charge in [0.25, 0.3) is 0 Å². The van der Waals surface area contributed by atoms with Gasteiger partial charge in [-0.1, -0.05) is 19.1 Å². The first kappa shape index (κ1) is 24.8. The third kappa shape index (κ3) is 9.04. The minimum absolute atomic E-state index is 0.00644. The highest BCUT2D eigenvalue weighted by molar-refractivity contribution is 7.80. The molecule has 8 heteroatoms. The summed E-state index contributed by atoms with van der Waals surface area (Å²) < 4.78 is 0. The number of hydrogen-bond acceptors (Lipinski definition) is 4. The molecule has 0 unspecified atom stereocenters. The standard InChI is InChI=1S/C23H34N4O3S/c1-3-18-6-8-20(9-7-18)26-23(31)27-15-11-19(12-16-27)22(30)25-14-4-13-24-21(29)10-5-17(2)28/h6-9,19H,3-5,10-16H2,1-2H3,(H,24,29)(H,25,30)(H,26,31). The molecule has 1 saturated heterocycles. The maximum atomic E-state index is 12.4. The Hall–Kier alpha value is -2.48. The Kier molecular flexibility index (Phi) is 10.4. The van der Waals surface area contributed by atoms with Crippen LogP contribution in [0.2, 0.25) is 0 Å². The molecule has 0 spiro atoms. The molecule has 1 aliphatic heterocycles. The lowest BCUT2D eigenvalue weighted by Crippen LogP contribution is -2.44. The van der Waals surface area contributed by atoms with Crippen molar-refractivity contribution in [1.82, 2.24) is 15.5 Å². The quantitative estimate of drug-likeness (QED) is 0.378.